The second kappa shape index (κ2) is 16.7. The van der Waals surface area contributed by atoms with Crippen molar-refractivity contribution < 1.29 is 4.42 Å². The van der Waals surface area contributed by atoms with E-state index in [1.165, 1.54) is 80.0 Å². The zero-order valence-electron chi connectivity index (χ0n) is 39.6. The molecular weight excluding hydrogens is 903 g/mol. The van der Waals surface area contributed by atoms with Gasteiger partial charge in [-0.15, -0.1) is 11.3 Å². The topological polar surface area (TPSA) is 16.4 Å². The number of anilines is 3. The molecule has 0 fully saturated rings. The van der Waals surface area contributed by atoms with Crippen molar-refractivity contribution in [2.24, 2.45) is 0 Å². The minimum atomic E-state index is 0.900. The van der Waals surface area contributed by atoms with Gasteiger partial charge in [0.25, 0.3) is 0 Å². The fourth-order valence-corrected chi connectivity index (χ4v) is 12.8. The minimum Gasteiger partial charge on any atom is -0.455 e. The zero-order valence-corrected chi connectivity index (χ0v) is 40.4. The third-order valence-corrected chi connectivity index (χ3v) is 16.1. The number of fused-ring (bicyclic) bond motifs is 12. The Hall–Kier alpha value is -9.28. The molecule has 0 aliphatic heterocycles. The van der Waals surface area contributed by atoms with E-state index in [2.05, 4.69) is 260 Å². The summed E-state index contributed by atoms with van der Waals surface area (Å²) in [4.78, 5) is 2.41. The predicted molar refractivity (Wildman–Crippen MR) is 313 cm³/mol. The second-order valence-corrected chi connectivity index (χ2v) is 20.2. The molecule has 2 nitrogen and oxygen atoms in total. The first-order chi connectivity index (χ1) is 36.2. The average molecular weight is 946 g/mol. The lowest BCUT2D eigenvalue weighted by molar-refractivity contribution is 0.670. The van der Waals surface area contributed by atoms with Crippen molar-refractivity contribution in [2.45, 2.75) is 0 Å². The lowest BCUT2D eigenvalue weighted by Crippen LogP contribution is -2.10. The summed E-state index contributed by atoms with van der Waals surface area (Å²) in [6.07, 6.45) is 0. The van der Waals surface area contributed by atoms with Crippen LogP contribution in [-0.4, -0.2) is 0 Å². The van der Waals surface area contributed by atoms with Gasteiger partial charge in [0.1, 0.15) is 11.2 Å². The van der Waals surface area contributed by atoms with Gasteiger partial charge in [0.2, 0.25) is 0 Å². The summed E-state index contributed by atoms with van der Waals surface area (Å²) in [6.45, 7) is 0. The molecule has 3 heteroatoms. The van der Waals surface area contributed by atoms with E-state index in [4.69, 9.17) is 4.42 Å². The number of benzene rings is 13. The molecule has 0 radical (unpaired) electrons. The maximum Gasteiger partial charge on any atom is 0.143 e. The standard InChI is InChI=1S/C70H43NOS/c1-2-17-48-39-57(35-33-44(48)15-1)71(55-26-13-22-49(40-55)46-20-11-24-51(37-46)63-42-52-18-4-7-29-59(52)67-61-31-9-10-32-64(61)72-69(63)67)56-27-14-23-50(41-56)47-21-12-25-54(38-47)66-58-28-6-5-19-53(58)43-65-68(66)62-36-34-45-16-3-8-30-60(45)70(62)73-65/h1-43H. The molecule has 0 spiro atoms. The van der Waals surface area contributed by atoms with Gasteiger partial charge in [0.15, 0.2) is 0 Å². The van der Waals surface area contributed by atoms with Crippen LogP contribution in [0.5, 0.6) is 0 Å². The fourth-order valence-electron chi connectivity index (χ4n) is 11.6. The van der Waals surface area contributed by atoms with E-state index in [9.17, 15) is 0 Å². The predicted octanol–water partition coefficient (Wildman–Crippen LogP) is 20.7. The molecule has 0 N–H and O–H groups in total. The number of furan rings is 1. The van der Waals surface area contributed by atoms with Crippen LogP contribution in [0, 0.1) is 0 Å². The Morgan fingerprint density at radius 2 is 0.836 bits per heavy atom. The SMILES string of the molecule is c1cc(-c2cccc(N(c3cccc(-c4cccc(-c5c6ccccc6cc6sc7c8ccccc8ccc7c56)c4)c3)c3ccc4ccccc4c3)c2)cc(-c2cc3ccccc3c3c2oc2ccccc23)c1. The van der Waals surface area contributed by atoms with E-state index in [1.807, 2.05) is 17.4 Å². The molecule has 0 aliphatic rings. The van der Waals surface area contributed by atoms with Crippen LogP contribution in [0.25, 0.3) is 130 Å². The Labute approximate surface area is 425 Å². The van der Waals surface area contributed by atoms with Crippen molar-refractivity contribution in [3.05, 3.63) is 261 Å². The van der Waals surface area contributed by atoms with Crippen molar-refractivity contribution in [1.29, 1.82) is 0 Å². The molecule has 13 aromatic carbocycles. The number of nitrogens with zero attached hydrogens (tertiary/aromatic N) is 1. The Morgan fingerprint density at radius 3 is 1.59 bits per heavy atom. The summed E-state index contributed by atoms with van der Waals surface area (Å²) in [7, 11) is 0. The molecule has 0 unspecified atom stereocenters. The van der Waals surface area contributed by atoms with Crippen LogP contribution in [0.3, 0.4) is 0 Å². The molecular formula is C70H43NOS. The highest BCUT2D eigenvalue weighted by Gasteiger charge is 2.21. The second-order valence-electron chi connectivity index (χ2n) is 19.2. The van der Waals surface area contributed by atoms with Gasteiger partial charge in [-0.05, 0) is 149 Å². The third-order valence-electron chi connectivity index (χ3n) is 14.9. The van der Waals surface area contributed by atoms with Crippen LogP contribution in [0.15, 0.2) is 265 Å². The number of hydrogen-bond acceptors (Lipinski definition) is 3. The molecule has 15 rings (SSSR count). The Kier molecular flexibility index (Phi) is 9.48. The van der Waals surface area contributed by atoms with Gasteiger partial charge in [0, 0.05) is 53.6 Å². The summed E-state index contributed by atoms with van der Waals surface area (Å²) in [5.74, 6) is 0. The minimum absolute atomic E-state index is 0.900. The molecule has 0 atom stereocenters. The van der Waals surface area contributed by atoms with E-state index in [1.54, 1.807) is 0 Å². The van der Waals surface area contributed by atoms with Gasteiger partial charge in [-0.1, -0.05) is 194 Å². The molecule has 2 aromatic heterocycles. The molecule has 0 amide bonds. The van der Waals surface area contributed by atoms with Crippen LogP contribution in [-0.2, 0) is 0 Å². The van der Waals surface area contributed by atoms with Crippen LogP contribution >= 0.6 is 11.3 Å². The highest BCUT2D eigenvalue weighted by molar-refractivity contribution is 7.26. The van der Waals surface area contributed by atoms with Crippen LogP contribution in [0.1, 0.15) is 0 Å². The van der Waals surface area contributed by atoms with Gasteiger partial charge < -0.3 is 9.32 Å². The van der Waals surface area contributed by atoms with Gasteiger partial charge in [-0.2, -0.15) is 0 Å². The first-order valence-corrected chi connectivity index (χ1v) is 25.8. The van der Waals surface area contributed by atoms with Crippen molar-refractivity contribution in [3.8, 4) is 44.5 Å². The van der Waals surface area contributed by atoms with Crippen molar-refractivity contribution in [1.82, 2.24) is 0 Å². The van der Waals surface area contributed by atoms with Crippen molar-refractivity contribution in [3.63, 3.8) is 0 Å². The van der Waals surface area contributed by atoms with Crippen LogP contribution < -0.4 is 4.90 Å². The largest absolute Gasteiger partial charge is 0.455 e. The number of thiophene rings is 1. The van der Waals surface area contributed by atoms with E-state index in [0.29, 0.717) is 0 Å². The average Bonchev–Trinajstić information content (AvgIpc) is 4.04. The Bertz CT molecular complexity index is 4710. The molecule has 0 bridgehead atoms. The van der Waals surface area contributed by atoms with Crippen LogP contribution in [0.4, 0.5) is 17.1 Å². The lowest BCUT2D eigenvalue weighted by atomic mass is 9.91. The summed E-state index contributed by atoms with van der Waals surface area (Å²) in [5, 5.41) is 14.8. The Balaban J connectivity index is 0.862. The smallest absolute Gasteiger partial charge is 0.143 e. The quantitative estimate of drug-likeness (QED) is 0.158. The first kappa shape index (κ1) is 41.5. The number of hydrogen-bond donors (Lipinski definition) is 0. The van der Waals surface area contributed by atoms with Gasteiger partial charge in [-0.3, -0.25) is 0 Å². The van der Waals surface area contributed by atoms with Gasteiger partial charge in [0.05, 0.1) is 0 Å². The normalized spacial score (nSPS) is 11.8. The monoisotopic (exact) mass is 945 g/mol. The third kappa shape index (κ3) is 6.85. The van der Waals surface area contributed by atoms with Crippen molar-refractivity contribution >= 4 is 114 Å². The highest BCUT2D eigenvalue weighted by Crippen LogP contribution is 2.48. The number of rotatable bonds is 7. The molecule has 15 aromatic rings. The Morgan fingerprint density at radius 1 is 0.301 bits per heavy atom. The molecule has 0 saturated carbocycles. The molecule has 2 heterocycles. The van der Waals surface area contributed by atoms with Gasteiger partial charge >= 0.3 is 0 Å². The van der Waals surface area contributed by atoms with E-state index >= 15 is 0 Å². The highest BCUT2D eigenvalue weighted by atomic mass is 32.1. The van der Waals surface area contributed by atoms with Crippen molar-refractivity contribution in [2.75, 3.05) is 4.90 Å². The molecule has 0 saturated heterocycles. The summed E-state index contributed by atoms with van der Waals surface area (Å²) >= 11 is 1.91. The fraction of sp³-hybridized carbons (Fsp3) is 0. The zero-order chi connectivity index (χ0) is 48.0. The van der Waals surface area contributed by atoms with E-state index in [0.717, 1.165) is 66.8 Å². The summed E-state index contributed by atoms with van der Waals surface area (Å²) in [6, 6.07) is 95.5. The maximum absolute atomic E-state index is 6.69. The molecule has 73 heavy (non-hydrogen) atoms. The van der Waals surface area contributed by atoms with Gasteiger partial charge in [-0.25, -0.2) is 0 Å². The summed E-state index contributed by atoms with van der Waals surface area (Å²) in [5.41, 5.74) is 14.3. The first-order valence-electron chi connectivity index (χ1n) is 25.0. The van der Waals surface area contributed by atoms with E-state index in [-0.39, 0.29) is 0 Å². The molecule has 0 aliphatic carbocycles. The van der Waals surface area contributed by atoms with E-state index < -0.39 is 0 Å². The maximum atomic E-state index is 6.69. The van der Waals surface area contributed by atoms with Crippen LogP contribution in [0.2, 0.25) is 0 Å². The number of para-hydroxylation sites is 1. The lowest BCUT2D eigenvalue weighted by Gasteiger charge is -2.27. The molecule has 340 valence electrons. The summed E-state index contributed by atoms with van der Waals surface area (Å²) < 4.78 is 9.34.